The fraction of sp³-hybridized carbons (Fsp3) is 0.400. The van der Waals surface area contributed by atoms with Crippen LogP contribution in [-0.2, 0) is 4.79 Å². The number of likely N-dealkylation sites (N-methyl/N-ethyl adjacent to an activating group) is 1. The van der Waals surface area contributed by atoms with E-state index in [1.807, 2.05) is 13.8 Å². The normalized spacial score (nSPS) is 14.9. The summed E-state index contributed by atoms with van der Waals surface area (Å²) in [5, 5.41) is 3.88. The van der Waals surface area contributed by atoms with E-state index in [-0.39, 0.29) is 35.5 Å². The molecule has 1 fully saturated rings. The van der Waals surface area contributed by atoms with Gasteiger partial charge in [0.15, 0.2) is 11.3 Å². The molecule has 0 aliphatic carbocycles. The molecule has 1 N–H and O–H groups in total. The molecule has 1 atom stereocenters. The summed E-state index contributed by atoms with van der Waals surface area (Å²) in [7, 11) is 1.73. The molecular formula is C20H22FN7O2S. The van der Waals surface area contributed by atoms with Crippen LogP contribution in [0.15, 0.2) is 18.5 Å². The van der Waals surface area contributed by atoms with Crippen molar-refractivity contribution in [3.63, 3.8) is 0 Å². The summed E-state index contributed by atoms with van der Waals surface area (Å²) in [6, 6.07) is 1.05. The van der Waals surface area contributed by atoms with Crippen LogP contribution in [0.25, 0.3) is 10.3 Å². The lowest BCUT2D eigenvalue weighted by Crippen LogP contribution is -2.61. The Kier molecular flexibility index (Phi) is 5.52. The number of carbonyl (C=O) groups excluding carboxylic acids is 2. The van der Waals surface area contributed by atoms with E-state index in [0.29, 0.717) is 29.0 Å². The average molecular weight is 444 g/mol. The third-order valence-corrected chi connectivity index (χ3v) is 6.30. The van der Waals surface area contributed by atoms with E-state index in [1.165, 1.54) is 24.3 Å². The summed E-state index contributed by atoms with van der Waals surface area (Å²) in [5.74, 6) is -0.466. The number of pyridine rings is 1. The molecule has 162 valence electrons. The second-order valence-electron chi connectivity index (χ2n) is 7.58. The van der Waals surface area contributed by atoms with E-state index >= 15 is 0 Å². The van der Waals surface area contributed by atoms with Crippen molar-refractivity contribution in [1.29, 1.82) is 0 Å². The number of thiazole rings is 1. The molecule has 0 aromatic carbocycles. The highest BCUT2D eigenvalue weighted by molar-refractivity contribution is 7.18. The first-order chi connectivity index (χ1) is 14.7. The van der Waals surface area contributed by atoms with Crippen LogP contribution in [0.4, 0.5) is 10.3 Å². The highest BCUT2D eigenvalue weighted by atomic mass is 32.1. The van der Waals surface area contributed by atoms with Crippen molar-refractivity contribution in [1.82, 2.24) is 29.7 Å². The van der Waals surface area contributed by atoms with Gasteiger partial charge in [-0.15, -0.1) is 11.3 Å². The summed E-state index contributed by atoms with van der Waals surface area (Å²) in [4.78, 5) is 45.2. The Morgan fingerprint density at radius 2 is 2.03 bits per heavy atom. The number of amides is 2. The minimum absolute atomic E-state index is 0.0000644. The number of aryl methyl sites for hydroxylation is 1. The average Bonchev–Trinajstić information content (AvgIpc) is 3.05. The van der Waals surface area contributed by atoms with Gasteiger partial charge >= 0.3 is 0 Å². The van der Waals surface area contributed by atoms with E-state index in [1.54, 1.807) is 23.0 Å². The van der Waals surface area contributed by atoms with E-state index in [0.717, 1.165) is 11.2 Å². The van der Waals surface area contributed by atoms with Gasteiger partial charge in [0, 0.05) is 33.3 Å². The van der Waals surface area contributed by atoms with Gasteiger partial charge in [0.05, 0.1) is 23.3 Å². The van der Waals surface area contributed by atoms with Gasteiger partial charge in [0.25, 0.3) is 5.91 Å². The van der Waals surface area contributed by atoms with Crippen molar-refractivity contribution in [2.75, 3.05) is 25.5 Å². The van der Waals surface area contributed by atoms with E-state index in [2.05, 4.69) is 25.3 Å². The number of anilines is 1. The molecule has 11 heteroatoms. The maximum atomic E-state index is 13.5. The Bertz CT molecular complexity index is 1160. The zero-order valence-corrected chi connectivity index (χ0v) is 18.4. The number of carbonyl (C=O) groups is 2. The number of nitrogens with one attached hydrogen (secondary N) is 1. The number of likely N-dealkylation sites (tertiary alicyclic amines) is 1. The Morgan fingerprint density at radius 1 is 1.29 bits per heavy atom. The second kappa shape index (κ2) is 8.14. The molecule has 0 spiro atoms. The Hall–Kier alpha value is -3.21. The van der Waals surface area contributed by atoms with Gasteiger partial charge in [0.2, 0.25) is 11.9 Å². The number of hydrogen-bond donors (Lipinski definition) is 1. The lowest BCUT2D eigenvalue weighted by Gasteiger charge is -2.43. The van der Waals surface area contributed by atoms with Gasteiger partial charge in [-0.25, -0.2) is 14.4 Å². The van der Waals surface area contributed by atoms with Crippen LogP contribution in [0.2, 0.25) is 0 Å². The van der Waals surface area contributed by atoms with Gasteiger partial charge in [-0.3, -0.25) is 14.6 Å². The first kappa shape index (κ1) is 21.0. The maximum absolute atomic E-state index is 13.5. The van der Waals surface area contributed by atoms with E-state index < -0.39 is 5.82 Å². The second-order valence-corrected chi connectivity index (χ2v) is 8.78. The maximum Gasteiger partial charge on any atom is 0.274 e. The van der Waals surface area contributed by atoms with Crippen LogP contribution < -0.4 is 5.32 Å². The fourth-order valence-corrected chi connectivity index (χ4v) is 4.19. The zero-order chi connectivity index (χ0) is 22.3. The molecule has 3 aromatic rings. The number of aromatic nitrogens is 4. The van der Waals surface area contributed by atoms with Gasteiger partial charge in [-0.2, -0.15) is 4.98 Å². The first-order valence-electron chi connectivity index (χ1n) is 9.77. The highest BCUT2D eigenvalue weighted by Gasteiger charge is 2.36. The SMILES string of the molecule is CC(=O)N(C)C1CN(C(=O)c2nc(N[C@@H](C)c3cncc(F)c3)nc3nc(C)sc23)C1. The lowest BCUT2D eigenvalue weighted by molar-refractivity contribution is -0.132. The van der Waals surface area contributed by atoms with Crippen molar-refractivity contribution in [3.8, 4) is 0 Å². The molecule has 1 aliphatic heterocycles. The molecule has 2 amide bonds. The molecule has 1 aliphatic rings. The van der Waals surface area contributed by atoms with Crippen molar-refractivity contribution < 1.29 is 14.0 Å². The Morgan fingerprint density at radius 3 is 2.71 bits per heavy atom. The molecule has 0 bridgehead atoms. The molecule has 0 radical (unpaired) electrons. The molecular weight excluding hydrogens is 421 g/mol. The third-order valence-electron chi connectivity index (χ3n) is 5.33. The number of fused-ring (bicyclic) bond motifs is 1. The fourth-order valence-electron chi connectivity index (χ4n) is 3.35. The molecule has 9 nitrogen and oxygen atoms in total. The van der Waals surface area contributed by atoms with Crippen LogP contribution >= 0.6 is 11.3 Å². The molecule has 3 aromatic heterocycles. The Labute approximate surface area is 182 Å². The number of halogens is 1. The summed E-state index contributed by atoms with van der Waals surface area (Å²) >= 11 is 1.36. The minimum Gasteiger partial charge on any atom is -0.348 e. The van der Waals surface area contributed by atoms with Gasteiger partial charge in [0.1, 0.15) is 10.5 Å². The molecule has 0 unspecified atom stereocenters. The van der Waals surface area contributed by atoms with Crippen molar-refractivity contribution >= 4 is 39.4 Å². The van der Waals surface area contributed by atoms with Crippen LogP contribution in [0.1, 0.15) is 40.9 Å². The van der Waals surface area contributed by atoms with Gasteiger partial charge in [-0.1, -0.05) is 0 Å². The summed E-state index contributed by atoms with van der Waals surface area (Å²) in [6.45, 7) is 6.08. The summed E-state index contributed by atoms with van der Waals surface area (Å²) in [6.07, 6.45) is 2.70. The third kappa shape index (κ3) is 4.18. The molecule has 4 heterocycles. The van der Waals surface area contributed by atoms with E-state index in [9.17, 15) is 14.0 Å². The molecule has 1 saturated heterocycles. The number of hydrogen-bond acceptors (Lipinski definition) is 8. The van der Waals surface area contributed by atoms with Crippen molar-refractivity contribution in [2.24, 2.45) is 0 Å². The predicted molar refractivity (Wildman–Crippen MR) is 114 cm³/mol. The van der Waals surface area contributed by atoms with Crippen LogP contribution in [-0.4, -0.2) is 67.7 Å². The van der Waals surface area contributed by atoms with Gasteiger partial charge < -0.3 is 15.1 Å². The largest absolute Gasteiger partial charge is 0.348 e. The smallest absolute Gasteiger partial charge is 0.274 e. The molecule has 4 rings (SSSR count). The van der Waals surface area contributed by atoms with Crippen LogP contribution in [0.3, 0.4) is 0 Å². The minimum atomic E-state index is -0.434. The first-order valence-corrected chi connectivity index (χ1v) is 10.6. The zero-order valence-electron chi connectivity index (χ0n) is 17.6. The monoisotopic (exact) mass is 443 g/mol. The highest BCUT2D eigenvalue weighted by Crippen LogP contribution is 2.28. The van der Waals surface area contributed by atoms with Crippen molar-refractivity contribution in [2.45, 2.75) is 32.9 Å². The number of nitrogens with zero attached hydrogens (tertiary/aromatic N) is 6. The quantitative estimate of drug-likeness (QED) is 0.646. The molecule has 31 heavy (non-hydrogen) atoms. The lowest BCUT2D eigenvalue weighted by atomic mass is 10.1. The van der Waals surface area contributed by atoms with Crippen molar-refractivity contribution in [3.05, 3.63) is 40.5 Å². The van der Waals surface area contributed by atoms with Crippen LogP contribution in [0.5, 0.6) is 0 Å². The van der Waals surface area contributed by atoms with E-state index in [4.69, 9.17) is 0 Å². The van der Waals surface area contributed by atoms with Crippen LogP contribution in [0, 0.1) is 12.7 Å². The summed E-state index contributed by atoms with van der Waals surface area (Å²) in [5.41, 5.74) is 1.33. The molecule has 0 saturated carbocycles. The summed E-state index contributed by atoms with van der Waals surface area (Å²) < 4.78 is 14.1. The number of rotatable bonds is 5. The Balaban J connectivity index is 1.60. The predicted octanol–water partition coefficient (Wildman–Crippen LogP) is 2.40. The standard InChI is InChI=1S/C20H22FN7O2S/c1-10(13-5-14(21)7-22-6-13)23-20-25-16(17-18(26-20)24-11(2)31-17)19(30)28-8-15(9-28)27(4)12(3)29/h5-7,10,15H,8-9H2,1-4H3,(H,23,25,26)/t10-/m0/s1. The van der Waals surface area contributed by atoms with Gasteiger partial charge in [-0.05, 0) is 25.5 Å². The topological polar surface area (TPSA) is 104 Å².